The lowest BCUT2D eigenvalue weighted by Crippen LogP contribution is -2.29. The van der Waals surface area contributed by atoms with Crippen LogP contribution in [0.4, 0.5) is 0 Å². The van der Waals surface area contributed by atoms with E-state index in [0.717, 1.165) is 5.56 Å². The van der Waals surface area contributed by atoms with Crippen LogP contribution in [0.3, 0.4) is 0 Å². The molecule has 0 aliphatic rings. The monoisotopic (exact) mass is 303 g/mol. The Morgan fingerprint density at radius 1 is 1.29 bits per heavy atom. The number of benzene rings is 1. The zero-order valence-electron chi connectivity index (χ0n) is 12.7. The number of carbonyl (C=O) groups excluding carboxylic acids is 1. The predicted molar refractivity (Wildman–Crippen MR) is 86.4 cm³/mol. The fourth-order valence-corrected chi connectivity index (χ4v) is 2.78. The summed E-state index contributed by atoms with van der Waals surface area (Å²) in [7, 11) is 0. The van der Waals surface area contributed by atoms with Crippen molar-refractivity contribution >= 4 is 17.3 Å². The summed E-state index contributed by atoms with van der Waals surface area (Å²) in [4.78, 5) is 13.4. The minimum Gasteiger partial charge on any atom is -0.465 e. The minimum absolute atomic E-state index is 0.225. The van der Waals surface area contributed by atoms with Gasteiger partial charge in [-0.05, 0) is 48.9 Å². The highest BCUT2D eigenvalue weighted by molar-refractivity contribution is 7.09. The SMILES string of the molecule is CCOC(=O)C(NCc1cccs1)c1ccc(C)c(C)c1. The van der Waals surface area contributed by atoms with Gasteiger partial charge in [-0.15, -0.1) is 11.3 Å². The number of rotatable bonds is 6. The van der Waals surface area contributed by atoms with Crippen LogP contribution in [0.5, 0.6) is 0 Å². The van der Waals surface area contributed by atoms with Gasteiger partial charge in [-0.25, -0.2) is 4.79 Å². The molecule has 1 unspecified atom stereocenters. The van der Waals surface area contributed by atoms with Crippen molar-refractivity contribution in [2.75, 3.05) is 6.61 Å². The third-order valence-electron chi connectivity index (χ3n) is 3.45. The Morgan fingerprint density at radius 2 is 2.10 bits per heavy atom. The zero-order chi connectivity index (χ0) is 15.2. The van der Waals surface area contributed by atoms with Crippen molar-refractivity contribution in [3.05, 3.63) is 57.3 Å². The quantitative estimate of drug-likeness (QED) is 0.826. The van der Waals surface area contributed by atoms with E-state index in [-0.39, 0.29) is 5.97 Å². The average molecular weight is 303 g/mol. The molecule has 0 radical (unpaired) electrons. The van der Waals surface area contributed by atoms with Crippen LogP contribution in [-0.4, -0.2) is 12.6 Å². The van der Waals surface area contributed by atoms with Crippen molar-refractivity contribution in [1.29, 1.82) is 0 Å². The summed E-state index contributed by atoms with van der Waals surface area (Å²) < 4.78 is 5.20. The molecule has 0 saturated carbocycles. The van der Waals surface area contributed by atoms with Crippen LogP contribution in [0.2, 0.25) is 0 Å². The van der Waals surface area contributed by atoms with Gasteiger partial charge in [-0.2, -0.15) is 0 Å². The molecule has 2 aromatic rings. The highest BCUT2D eigenvalue weighted by Gasteiger charge is 2.21. The van der Waals surface area contributed by atoms with E-state index in [2.05, 4.69) is 31.3 Å². The molecular formula is C17H21NO2S. The molecule has 0 aliphatic carbocycles. The zero-order valence-corrected chi connectivity index (χ0v) is 13.5. The second-order valence-corrected chi connectivity index (χ2v) is 6.02. The van der Waals surface area contributed by atoms with Gasteiger partial charge in [-0.3, -0.25) is 5.32 Å². The lowest BCUT2D eigenvalue weighted by molar-refractivity contribution is -0.145. The molecule has 3 nitrogen and oxygen atoms in total. The summed E-state index contributed by atoms with van der Waals surface area (Å²) in [5, 5.41) is 5.34. The summed E-state index contributed by atoms with van der Waals surface area (Å²) in [6, 6.07) is 9.73. The number of thiophene rings is 1. The van der Waals surface area contributed by atoms with E-state index in [9.17, 15) is 4.79 Å². The normalized spacial score (nSPS) is 12.1. The highest BCUT2D eigenvalue weighted by Crippen LogP contribution is 2.20. The Balaban J connectivity index is 2.18. The van der Waals surface area contributed by atoms with Gasteiger partial charge in [0.15, 0.2) is 0 Å². The van der Waals surface area contributed by atoms with Crippen molar-refractivity contribution in [3.63, 3.8) is 0 Å². The predicted octanol–water partition coefficient (Wildman–Crippen LogP) is 3.76. The first-order chi connectivity index (χ1) is 10.1. The first kappa shape index (κ1) is 15.7. The largest absolute Gasteiger partial charge is 0.465 e. The molecule has 0 aliphatic heterocycles. The fourth-order valence-electron chi connectivity index (χ4n) is 2.12. The second kappa shape index (κ2) is 7.38. The molecule has 2 rings (SSSR count). The molecule has 0 spiro atoms. The smallest absolute Gasteiger partial charge is 0.327 e. The Bertz CT molecular complexity index is 593. The molecule has 112 valence electrons. The lowest BCUT2D eigenvalue weighted by atomic mass is 10.0. The number of aryl methyl sites for hydroxylation is 2. The van der Waals surface area contributed by atoms with Gasteiger partial charge in [0.25, 0.3) is 0 Å². The molecule has 1 N–H and O–H groups in total. The van der Waals surface area contributed by atoms with Gasteiger partial charge in [0.2, 0.25) is 0 Å². The number of carbonyl (C=O) groups is 1. The van der Waals surface area contributed by atoms with Crippen LogP contribution < -0.4 is 5.32 Å². The van der Waals surface area contributed by atoms with Crippen LogP contribution in [0.15, 0.2) is 35.7 Å². The molecule has 0 fully saturated rings. The first-order valence-electron chi connectivity index (χ1n) is 7.11. The maximum atomic E-state index is 12.2. The van der Waals surface area contributed by atoms with Crippen LogP contribution in [-0.2, 0) is 16.1 Å². The minimum atomic E-state index is -0.425. The standard InChI is InChI=1S/C17H21NO2S/c1-4-20-17(19)16(18-11-15-6-5-9-21-15)14-8-7-12(2)13(3)10-14/h5-10,16,18H,4,11H2,1-3H3. The number of hydrogen-bond acceptors (Lipinski definition) is 4. The maximum absolute atomic E-state index is 12.2. The van der Waals surface area contributed by atoms with Crippen molar-refractivity contribution in [3.8, 4) is 0 Å². The van der Waals surface area contributed by atoms with Gasteiger partial charge in [-0.1, -0.05) is 24.3 Å². The van der Waals surface area contributed by atoms with E-state index in [0.29, 0.717) is 13.2 Å². The van der Waals surface area contributed by atoms with Gasteiger partial charge in [0.05, 0.1) is 6.61 Å². The van der Waals surface area contributed by atoms with E-state index in [1.165, 1.54) is 16.0 Å². The Kier molecular flexibility index (Phi) is 5.53. The molecule has 4 heteroatoms. The summed E-state index contributed by atoms with van der Waals surface area (Å²) in [5.41, 5.74) is 3.35. The van der Waals surface area contributed by atoms with Gasteiger partial charge in [0.1, 0.15) is 6.04 Å². The highest BCUT2D eigenvalue weighted by atomic mass is 32.1. The van der Waals surface area contributed by atoms with E-state index in [1.54, 1.807) is 11.3 Å². The van der Waals surface area contributed by atoms with Gasteiger partial charge >= 0.3 is 5.97 Å². The second-order valence-electron chi connectivity index (χ2n) is 4.99. The molecular weight excluding hydrogens is 282 g/mol. The van der Waals surface area contributed by atoms with Crippen molar-refractivity contribution in [2.45, 2.75) is 33.4 Å². The van der Waals surface area contributed by atoms with Crippen molar-refractivity contribution in [1.82, 2.24) is 5.32 Å². The van der Waals surface area contributed by atoms with E-state index in [1.807, 2.05) is 30.5 Å². The summed E-state index contributed by atoms with van der Waals surface area (Å²) in [5.74, 6) is -0.225. The number of nitrogens with one attached hydrogen (secondary N) is 1. The third kappa shape index (κ3) is 4.16. The van der Waals surface area contributed by atoms with Gasteiger partial charge in [0, 0.05) is 11.4 Å². The lowest BCUT2D eigenvalue weighted by Gasteiger charge is -2.18. The number of hydrogen-bond donors (Lipinski definition) is 1. The van der Waals surface area contributed by atoms with E-state index < -0.39 is 6.04 Å². The van der Waals surface area contributed by atoms with E-state index >= 15 is 0 Å². The van der Waals surface area contributed by atoms with E-state index in [4.69, 9.17) is 4.74 Å². The van der Waals surface area contributed by atoms with Crippen LogP contribution in [0.25, 0.3) is 0 Å². The third-order valence-corrected chi connectivity index (χ3v) is 4.32. The Labute approximate surface area is 130 Å². The topological polar surface area (TPSA) is 38.3 Å². The summed E-state index contributed by atoms with van der Waals surface area (Å²) in [6.45, 7) is 7.00. The molecule has 0 saturated heterocycles. The molecule has 21 heavy (non-hydrogen) atoms. The molecule has 1 heterocycles. The summed E-state index contributed by atoms with van der Waals surface area (Å²) in [6.07, 6.45) is 0. The molecule has 1 aromatic carbocycles. The fraction of sp³-hybridized carbons (Fsp3) is 0.353. The molecule has 0 amide bonds. The number of ether oxygens (including phenoxy) is 1. The van der Waals surface area contributed by atoms with Crippen LogP contribution >= 0.6 is 11.3 Å². The molecule has 1 aromatic heterocycles. The molecule has 0 bridgehead atoms. The summed E-state index contributed by atoms with van der Waals surface area (Å²) >= 11 is 1.68. The van der Waals surface area contributed by atoms with Crippen LogP contribution in [0.1, 0.15) is 34.5 Å². The molecule has 1 atom stereocenters. The van der Waals surface area contributed by atoms with Crippen molar-refractivity contribution in [2.24, 2.45) is 0 Å². The Morgan fingerprint density at radius 3 is 2.71 bits per heavy atom. The maximum Gasteiger partial charge on any atom is 0.327 e. The Hall–Kier alpha value is -1.65. The van der Waals surface area contributed by atoms with Crippen LogP contribution in [0, 0.1) is 13.8 Å². The van der Waals surface area contributed by atoms with Gasteiger partial charge < -0.3 is 4.74 Å². The van der Waals surface area contributed by atoms with Crippen molar-refractivity contribution < 1.29 is 9.53 Å². The first-order valence-corrected chi connectivity index (χ1v) is 7.99. The number of esters is 1. The average Bonchev–Trinajstić information content (AvgIpc) is 2.96.